The first-order valence-corrected chi connectivity index (χ1v) is 7.68. The van der Waals surface area contributed by atoms with Crippen LogP contribution in [0.2, 0.25) is 0 Å². The van der Waals surface area contributed by atoms with Crippen LogP contribution in [-0.4, -0.2) is 5.97 Å². The number of anilines is 1. The van der Waals surface area contributed by atoms with Gasteiger partial charge >= 0.3 is 5.97 Å². The molecule has 0 aromatic heterocycles. The monoisotopic (exact) mass is 345 g/mol. The predicted octanol–water partition coefficient (Wildman–Crippen LogP) is 3.81. The molecule has 0 heterocycles. The Morgan fingerprint density at radius 1 is 1.14 bits per heavy atom. The van der Waals surface area contributed by atoms with Crippen molar-refractivity contribution in [1.82, 2.24) is 0 Å². The molecule has 0 amide bonds. The summed E-state index contributed by atoms with van der Waals surface area (Å²) in [5.41, 5.74) is 7.90. The zero-order valence-electron chi connectivity index (χ0n) is 11.5. The lowest BCUT2D eigenvalue weighted by Gasteiger charge is -2.15. The van der Waals surface area contributed by atoms with E-state index in [4.69, 9.17) is 10.5 Å². The maximum Gasteiger partial charge on any atom is 0.316 e. The summed E-state index contributed by atoms with van der Waals surface area (Å²) in [7, 11) is 0. The largest absolute Gasteiger partial charge is 0.460 e. The van der Waals surface area contributed by atoms with Gasteiger partial charge in [0.25, 0.3) is 0 Å². The van der Waals surface area contributed by atoms with Crippen LogP contribution in [0.25, 0.3) is 0 Å². The maximum absolute atomic E-state index is 12.4. The van der Waals surface area contributed by atoms with Crippen molar-refractivity contribution in [3.63, 3.8) is 0 Å². The number of hydrogen-bond acceptors (Lipinski definition) is 3. The molecular weight excluding hydrogens is 330 g/mol. The Balaban J connectivity index is 1.71. The second-order valence-corrected chi connectivity index (χ2v) is 6.23. The number of carbonyl (C=O) groups excluding carboxylic acids is 1. The Labute approximate surface area is 132 Å². The van der Waals surface area contributed by atoms with Crippen LogP contribution in [0, 0.1) is 0 Å². The highest BCUT2D eigenvalue weighted by Gasteiger charge is 2.52. The number of nitrogen functional groups attached to an aromatic ring is 1. The topological polar surface area (TPSA) is 52.3 Å². The van der Waals surface area contributed by atoms with Gasteiger partial charge in [-0.05, 0) is 36.6 Å². The van der Waals surface area contributed by atoms with Gasteiger partial charge in [-0.3, -0.25) is 4.79 Å². The minimum Gasteiger partial charge on any atom is -0.460 e. The van der Waals surface area contributed by atoms with Crippen LogP contribution in [0.4, 0.5) is 5.69 Å². The van der Waals surface area contributed by atoms with Gasteiger partial charge in [-0.2, -0.15) is 0 Å². The van der Waals surface area contributed by atoms with Gasteiger partial charge in [0, 0.05) is 15.7 Å². The van der Waals surface area contributed by atoms with Crippen molar-refractivity contribution >= 4 is 27.6 Å². The van der Waals surface area contributed by atoms with Crippen molar-refractivity contribution in [2.75, 3.05) is 5.73 Å². The van der Waals surface area contributed by atoms with Crippen molar-refractivity contribution in [3.05, 3.63) is 64.1 Å². The van der Waals surface area contributed by atoms with E-state index in [0.717, 1.165) is 28.4 Å². The molecule has 0 saturated heterocycles. The number of nitrogens with two attached hydrogens (primary N) is 1. The second kappa shape index (κ2) is 5.53. The van der Waals surface area contributed by atoms with E-state index in [1.807, 2.05) is 48.5 Å². The Kier molecular flexibility index (Phi) is 3.72. The van der Waals surface area contributed by atoms with Crippen molar-refractivity contribution in [3.8, 4) is 0 Å². The molecule has 21 heavy (non-hydrogen) atoms. The summed E-state index contributed by atoms with van der Waals surface area (Å²) in [6, 6.07) is 15.3. The van der Waals surface area contributed by atoms with Gasteiger partial charge in [0.1, 0.15) is 6.61 Å². The molecule has 1 aliphatic carbocycles. The number of halogens is 1. The first kappa shape index (κ1) is 14.1. The summed E-state index contributed by atoms with van der Waals surface area (Å²) in [4.78, 5) is 12.4. The second-order valence-electron chi connectivity index (χ2n) is 5.37. The van der Waals surface area contributed by atoms with Crippen molar-refractivity contribution in [2.24, 2.45) is 0 Å². The number of carbonyl (C=O) groups is 1. The maximum atomic E-state index is 12.4. The lowest BCUT2D eigenvalue weighted by Crippen LogP contribution is -2.23. The van der Waals surface area contributed by atoms with Gasteiger partial charge in [0.05, 0.1) is 5.41 Å². The first-order chi connectivity index (χ1) is 10.1. The third-order valence-electron chi connectivity index (χ3n) is 3.92. The highest BCUT2D eigenvalue weighted by molar-refractivity contribution is 9.10. The SMILES string of the molecule is Nc1ccc(C2(C(=O)OCc3ccccc3Br)CC2)cc1. The van der Waals surface area contributed by atoms with E-state index >= 15 is 0 Å². The third kappa shape index (κ3) is 2.81. The molecule has 0 aliphatic heterocycles. The molecule has 2 N–H and O–H groups in total. The van der Waals surface area contributed by atoms with Crippen LogP contribution in [0.1, 0.15) is 24.0 Å². The normalized spacial score (nSPS) is 15.5. The Morgan fingerprint density at radius 3 is 2.43 bits per heavy atom. The van der Waals surface area contributed by atoms with E-state index in [1.165, 1.54) is 0 Å². The Hall–Kier alpha value is -1.81. The molecule has 0 spiro atoms. The molecule has 1 fully saturated rings. The van der Waals surface area contributed by atoms with Crippen LogP contribution >= 0.6 is 15.9 Å². The molecule has 2 aromatic rings. The van der Waals surface area contributed by atoms with E-state index in [0.29, 0.717) is 5.69 Å². The van der Waals surface area contributed by atoms with E-state index in [9.17, 15) is 4.79 Å². The molecule has 4 heteroatoms. The van der Waals surface area contributed by atoms with Crippen LogP contribution < -0.4 is 5.73 Å². The Bertz CT molecular complexity index is 663. The lowest BCUT2D eigenvalue weighted by molar-refractivity contribution is -0.148. The molecule has 3 nitrogen and oxygen atoms in total. The summed E-state index contributed by atoms with van der Waals surface area (Å²) in [6.45, 7) is 0.289. The standard InChI is InChI=1S/C17H16BrNO2/c18-15-4-2-1-3-12(15)11-21-16(20)17(9-10-17)13-5-7-14(19)8-6-13/h1-8H,9-11,19H2. The zero-order chi connectivity index (χ0) is 14.9. The molecule has 1 saturated carbocycles. The minimum atomic E-state index is -0.463. The minimum absolute atomic E-state index is 0.150. The van der Waals surface area contributed by atoms with Crippen LogP contribution in [0.3, 0.4) is 0 Å². The van der Waals surface area contributed by atoms with E-state index in [-0.39, 0.29) is 12.6 Å². The molecule has 0 atom stereocenters. The van der Waals surface area contributed by atoms with Gasteiger partial charge in [0.15, 0.2) is 0 Å². The number of rotatable bonds is 4. The number of esters is 1. The lowest BCUT2D eigenvalue weighted by atomic mass is 9.96. The quantitative estimate of drug-likeness (QED) is 0.677. The van der Waals surface area contributed by atoms with Crippen LogP contribution in [0.5, 0.6) is 0 Å². The number of hydrogen-bond donors (Lipinski definition) is 1. The molecule has 0 bridgehead atoms. The van der Waals surface area contributed by atoms with E-state index in [1.54, 1.807) is 0 Å². The zero-order valence-corrected chi connectivity index (χ0v) is 13.1. The molecule has 3 rings (SSSR count). The summed E-state index contributed by atoms with van der Waals surface area (Å²) in [5.74, 6) is -0.150. The van der Waals surface area contributed by atoms with Gasteiger partial charge in [-0.15, -0.1) is 0 Å². The van der Waals surface area contributed by atoms with Crippen molar-refractivity contribution in [2.45, 2.75) is 24.9 Å². The average Bonchev–Trinajstić information content (AvgIpc) is 3.28. The molecular formula is C17H16BrNO2. The average molecular weight is 346 g/mol. The molecule has 2 aromatic carbocycles. The molecule has 0 unspecified atom stereocenters. The number of ether oxygens (including phenoxy) is 1. The summed E-state index contributed by atoms with van der Waals surface area (Å²) in [5, 5.41) is 0. The van der Waals surface area contributed by atoms with Crippen molar-refractivity contribution in [1.29, 1.82) is 0 Å². The van der Waals surface area contributed by atoms with Gasteiger partial charge < -0.3 is 10.5 Å². The molecule has 1 aliphatic rings. The number of benzene rings is 2. The first-order valence-electron chi connectivity index (χ1n) is 6.88. The Morgan fingerprint density at radius 2 is 1.81 bits per heavy atom. The van der Waals surface area contributed by atoms with Gasteiger partial charge in [-0.1, -0.05) is 46.3 Å². The van der Waals surface area contributed by atoms with E-state index < -0.39 is 5.41 Å². The fraction of sp³-hybridized carbons (Fsp3) is 0.235. The van der Waals surface area contributed by atoms with Gasteiger partial charge in [0.2, 0.25) is 0 Å². The smallest absolute Gasteiger partial charge is 0.316 e. The summed E-state index contributed by atoms with van der Waals surface area (Å²) >= 11 is 3.46. The predicted molar refractivity (Wildman–Crippen MR) is 85.7 cm³/mol. The summed E-state index contributed by atoms with van der Waals surface area (Å²) < 4.78 is 6.47. The summed E-state index contributed by atoms with van der Waals surface area (Å²) in [6.07, 6.45) is 1.68. The highest BCUT2D eigenvalue weighted by Crippen LogP contribution is 2.49. The van der Waals surface area contributed by atoms with E-state index in [2.05, 4.69) is 15.9 Å². The van der Waals surface area contributed by atoms with Gasteiger partial charge in [-0.25, -0.2) is 0 Å². The molecule has 0 radical (unpaired) electrons. The fourth-order valence-corrected chi connectivity index (χ4v) is 2.83. The third-order valence-corrected chi connectivity index (χ3v) is 4.69. The van der Waals surface area contributed by atoms with Crippen molar-refractivity contribution < 1.29 is 9.53 Å². The van der Waals surface area contributed by atoms with Crippen LogP contribution in [0.15, 0.2) is 53.0 Å². The highest BCUT2D eigenvalue weighted by atomic mass is 79.9. The fourth-order valence-electron chi connectivity index (χ4n) is 2.43. The molecule has 108 valence electrons. The van der Waals surface area contributed by atoms with Crippen LogP contribution in [-0.2, 0) is 21.6 Å².